The summed E-state index contributed by atoms with van der Waals surface area (Å²) in [4.78, 5) is 18.8. The van der Waals surface area contributed by atoms with Crippen molar-refractivity contribution in [2.75, 3.05) is 24.5 Å². The quantitative estimate of drug-likeness (QED) is 0.854. The number of carbonyl (C=O) groups is 1. The number of pyridine rings is 1. The van der Waals surface area contributed by atoms with Crippen LogP contribution >= 0.6 is 0 Å². The van der Waals surface area contributed by atoms with Gasteiger partial charge in [0.2, 0.25) is 0 Å². The number of hydrogen-bond donors (Lipinski definition) is 2. The average molecular weight is 262 g/mol. The van der Waals surface area contributed by atoms with E-state index in [1.165, 1.54) is 0 Å². The van der Waals surface area contributed by atoms with E-state index in [-0.39, 0.29) is 5.91 Å². The Bertz CT molecular complexity index is 447. The zero-order valence-corrected chi connectivity index (χ0v) is 11.6. The molecule has 0 spiro atoms. The fourth-order valence-electron chi connectivity index (χ4n) is 2.16. The van der Waals surface area contributed by atoms with Crippen LogP contribution in [0.2, 0.25) is 0 Å². The second-order valence-corrected chi connectivity index (χ2v) is 5.74. The molecule has 3 N–H and O–H groups in total. The van der Waals surface area contributed by atoms with Crippen LogP contribution < -0.4 is 16.0 Å². The Morgan fingerprint density at radius 3 is 2.79 bits per heavy atom. The van der Waals surface area contributed by atoms with Gasteiger partial charge < -0.3 is 16.0 Å². The normalized spacial score (nSPS) is 15.6. The summed E-state index contributed by atoms with van der Waals surface area (Å²) >= 11 is 0. The number of rotatable bonds is 4. The van der Waals surface area contributed by atoms with Crippen LogP contribution in [-0.2, 0) is 0 Å². The van der Waals surface area contributed by atoms with Gasteiger partial charge in [0.1, 0.15) is 5.82 Å². The molecule has 0 radical (unpaired) electrons. The maximum absolute atomic E-state index is 12.2. The molecular formula is C14H22N4O. The van der Waals surface area contributed by atoms with E-state index < -0.39 is 5.54 Å². The number of nitrogens with two attached hydrogens (primary N) is 1. The Labute approximate surface area is 114 Å². The summed E-state index contributed by atoms with van der Waals surface area (Å²) in [6.07, 6.45) is 4.05. The van der Waals surface area contributed by atoms with Gasteiger partial charge in [-0.1, -0.05) is 0 Å². The summed E-state index contributed by atoms with van der Waals surface area (Å²) in [6, 6.07) is 3.61. The van der Waals surface area contributed by atoms with Crippen LogP contribution in [0.5, 0.6) is 0 Å². The van der Waals surface area contributed by atoms with Gasteiger partial charge in [0.25, 0.3) is 5.91 Å². The second kappa shape index (κ2) is 5.57. The second-order valence-electron chi connectivity index (χ2n) is 5.74. The van der Waals surface area contributed by atoms with Crippen LogP contribution in [0.3, 0.4) is 0 Å². The van der Waals surface area contributed by atoms with Crippen molar-refractivity contribution in [3.63, 3.8) is 0 Å². The van der Waals surface area contributed by atoms with E-state index in [0.717, 1.165) is 31.7 Å². The maximum Gasteiger partial charge on any atom is 0.255 e. The zero-order valence-electron chi connectivity index (χ0n) is 11.6. The van der Waals surface area contributed by atoms with Gasteiger partial charge >= 0.3 is 0 Å². The molecule has 0 unspecified atom stereocenters. The molecule has 104 valence electrons. The molecule has 0 aliphatic carbocycles. The minimum atomic E-state index is -0.411. The van der Waals surface area contributed by atoms with E-state index in [1.54, 1.807) is 12.3 Å². The summed E-state index contributed by atoms with van der Waals surface area (Å²) in [5, 5.41) is 2.87. The SMILES string of the molecule is CC(C)(N)CNC(=O)c1cccnc1N1CCCC1. The Balaban J connectivity index is 2.12. The lowest BCUT2D eigenvalue weighted by molar-refractivity contribution is 0.0946. The molecule has 5 heteroatoms. The van der Waals surface area contributed by atoms with Gasteiger partial charge in [-0.25, -0.2) is 4.98 Å². The number of carbonyl (C=O) groups excluding carboxylic acids is 1. The van der Waals surface area contributed by atoms with Gasteiger partial charge in [-0.3, -0.25) is 4.79 Å². The molecule has 0 bridgehead atoms. The molecule has 19 heavy (non-hydrogen) atoms. The highest BCUT2D eigenvalue weighted by atomic mass is 16.1. The number of aromatic nitrogens is 1. The van der Waals surface area contributed by atoms with Crippen molar-refractivity contribution in [2.24, 2.45) is 5.73 Å². The van der Waals surface area contributed by atoms with Crippen molar-refractivity contribution in [3.8, 4) is 0 Å². The Hall–Kier alpha value is -1.62. The third-order valence-corrected chi connectivity index (χ3v) is 3.14. The third-order valence-electron chi connectivity index (χ3n) is 3.14. The standard InChI is InChI=1S/C14H22N4O/c1-14(2,15)10-17-13(19)11-6-5-7-16-12(11)18-8-3-4-9-18/h5-7H,3-4,8-10,15H2,1-2H3,(H,17,19). The zero-order chi connectivity index (χ0) is 13.9. The van der Waals surface area contributed by atoms with Gasteiger partial charge in [0, 0.05) is 31.4 Å². The molecule has 0 aromatic carbocycles. The first-order valence-corrected chi connectivity index (χ1v) is 6.74. The summed E-state index contributed by atoms with van der Waals surface area (Å²) in [5.74, 6) is 0.681. The molecule has 1 aromatic rings. The Kier molecular flexibility index (Phi) is 4.04. The number of nitrogens with zero attached hydrogens (tertiary/aromatic N) is 2. The van der Waals surface area contributed by atoms with Gasteiger partial charge in [0.05, 0.1) is 5.56 Å². The fraction of sp³-hybridized carbons (Fsp3) is 0.571. The lowest BCUT2D eigenvalue weighted by Crippen LogP contribution is -2.45. The molecule has 1 saturated heterocycles. The van der Waals surface area contributed by atoms with Crippen LogP contribution in [-0.4, -0.2) is 36.1 Å². The first kappa shape index (κ1) is 13.8. The Morgan fingerprint density at radius 2 is 2.16 bits per heavy atom. The molecule has 0 atom stereocenters. The van der Waals surface area contributed by atoms with E-state index in [4.69, 9.17) is 5.73 Å². The molecular weight excluding hydrogens is 240 g/mol. The minimum absolute atomic E-state index is 0.103. The lowest BCUT2D eigenvalue weighted by Gasteiger charge is -2.22. The summed E-state index contributed by atoms with van der Waals surface area (Å²) in [6.45, 7) is 6.16. The molecule has 2 heterocycles. The van der Waals surface area contributed by atoms with Gasteiger partial charge in [0.15, 0.2) is 0 Å². The van der Waals surface area contributed by atoms with Crippen molar-refractivity contribution in [1.82, 2.24) is 10.3 Å². The van der Waals surface area contributed by atoms with E-state index in [0.29, 0.717) is 12.1 Å². The largest absolute Gasteiger partial charge is 0.356 e. The lowest BCUT2D eigenvalue weighted by atomic mass is 10.1. The molecule has 1 aliphatic heterocycles. The Morgan fingerprint density at radius 1 is 1.47 bits per heavy atom. The predicted molar refractivity (Wildman–Crippen MR) is 76.3 cm³/mol. The average Bonchev–Trinajstić information content (AvgIpc) is 2.89. The highest BCUT2D eigenvalue weighted by Crippen LogP contribution is 2.21. The van der Waals surface area contributed by atoms with Crippen LogP contribution in [0.1, 0.15) is 37.0 Å². The summed E-state index contributed by atoms with van der Waals surface area (Å²) in [7, 11) is 0. The van der Waals surface area contributed by atoms with E-state index >= 15 is 0 Å². The monoisotopic (exact) mass is 262 g/mol. The molecule has 1 amide bonds. The van der Waals surface area contributed by atoms with E-state index in [1.807, 2.05) is 19.9 Å². The number of hydrogen-bond acceptors (Lipinski definition) is 4. The summed E-state index contributed by atoms with van der Waals surface area (Å²) in [5.41, 5.74) is 6.10. The predicted octanol–water partition coefficient (Wildman–Crippen LogP) is 1.15. The smallest absolute Gasteiger partial charge is 0.255 e. The summed E-state index contributed by atoms with van der Waals surface area (Å²) < 4.78 is 0. The van der Waals surface area contributed by atoms with Crippen molar-refractivity contribution < 1.29 is 4.79 Å². The number of nitrogens with one attached hydrogen (secondary N) is 1. The van der Waals surface area contributed by atoms with Crippen LogP contribution in [0.15, 0.2) is 18.3 Å². The number of amides is 1. The maximum atomic E-state index is 12.2. The van der Waals surface area contributed by atoms with E-state index in [2.05, 4.69) is 15.2 Å². The van der Waals surface area contributed by atoms with Crippen molar-refractivity contribution >= 4 is 11.7 Å². The molecule has 1 aliphatic rings. The molecule has 0 saturated carbocycles. The topological polar surface area (TPSA) is 71.2 Å². The highest BCUT2D eigenvalue weighted by molar-refractivity contribution is 5.98. The number of anilines is 1. The molecule has 1 fully saturated rings. The molecule has 2 rings (SSSR count). The highest BCUT2D eigenvalue weighted by Gasteiger charge is 2.21. The van der Waals surface area contributed by atoms with Gasteiger partial charge in [-0.15, -0.1) is 0 Å². The van der Waals surface area contributed by atoms with E-state index in [9.17, 15) is 4.79 Å². The van der Waals surface area contributed by atoms with Crippen molar-refractivity contribution in [3.05, 3.63) is 23.9 Å². The third kappa shape index (κ3) is 3.67. The van der Waals surface area contributed by atoms with Crippen LogP contribution in [0.25, 0.3) is 0 Å². The molecule has 1 aromatic heterocycles. The van der Waals surface area contributed by atoms with Crippen molar-refractivity contribution in [2.45, 2.75) is 32.2 Å². The van der Waals surface area contributed by atoms with Crippen LogP contribution in [0, 0.1) is 0 Å². The van der Waals surface area contributed by atoms with Gasteiger partial charge in [-0.05, 0) is 38.8 Å². The van der Waals surface area contributed by atoms with Gasteiger partial charge in [-0.2, -0.15) is 0 Å². The first-order valence-electron chi connectivity index (χ1n) is 6.74. The molecule has 5 nitrogen and oxygen atoms in total. The fourth-order valence-corrected chi connectivity index (χ4v) is 2.16. The minimum Gasteiger partial charge on any atom is -0.356 e. The van der Waals surface area contributed by atoms with Crippen LogP contribution in [0.4, 0.5) is 5.82 Å². The first-order chi connectivity index (χ1) is 8.97. The van der Waals surface area contributed by atoms with Crippen molar-refractivity contribution in [1.29, 1.82) is 0 Å².